The average Bonchev–Trinajstić information content (AvgIpc) is 4.01. The summed E-state index contributed by atoms with van der Waals surface area (Å²) in [5.41, 5.74) is -1.84. The number of rotatable bonds is 10. The van der Waals surface area contributed by atoms with Crippen LogP contribution in [-0.4, -0.2) is 61.2 Å². The van der Waals surface area contributed by atoms with Gasteiger partial charge in [0.1, 0.15) is 11.1 Å². The lowest BCUT2D eigenvalue weighted by Crippen LogP contribution is -2.22. The highest BCUT2D eigenvalue weighted by molar-refractivity contribution is 6.76. The van der Waals surface area contributed by atoms with E-state index in [2.05, 4.69) is 59.2 Å². The summed E-state index contributed by atoms with van der Waals surface area (Å²) in [5.74, 6) is -1.11. The van der Waals surface area contributed by atoms with Crippen LogP contribution in [0.1, 0.15) is 54.6 Å². The van der Waals surface area contributed by atoms with E-state index < -0.39 is 63.0 Å². The Balaban J connectivity index is 1.44. The van der Waals surface area contributed by atoms with Gasteiger partial charge in [-0.15, -0.1) is 0 Å². The Labute approximate surface area is 355 Å². The van der Waals surface area contributed by atoms with Gasteiger partial charge in [-0.2, -0.15) is 26.3 Å². The van der Waals surface area contributed by atoms with Crippen LogP contribution in [0.2, 0.25) is 51.4 Å². The number of esters is 2. The molecule has 8 bridgehead atoms. The Kier molecular flexibility index (Phi) is 11.9. The van der Waals surface area contributed by atoms with E-state index in [1.54, 1.807) is 24.3 Å². The minimum atomic E-state index is -4.91. The molecule has 0 spiro atoms. The molecule has 8 nitrogen and oxygen atoms in total. The van der Waals surface area contributed by atoms with Gasteiger partial charge in [-0.1, -0.05) is 63.5 Å². The molecule has 0 amide bonds. The molecule has 2 N–H and O–H groups in total. The zero-order valence-electron chi connectivity index (χ0n) is 34.9. The first-order valence-electron chi connectivity index (χ1n) is 19.9. The van der Waals surface area contributed by atoms with Crippen molar-refractivity contribution in [2.75, 3.05) is 13.2 Å². The summed E-state index contributed by atoms with van der Waals surface area (Å²) in [7, 11) is -2.96. The number of halogens is 6. The molecular weight excluding hydrogens is 843 g/mol. The number of hydrogen-bond acceptors (Lipinski definition) is 6. The number of hydrogen-bond donors (Lipinski definition) is 2. The molecule has 5 heterocycles. The highest BCUT2D eigenvalue weighted by Gasteiger charge is 2.38. The second kappa shape index (κ2) is 16.7. The second-order valence-electron chi connectivity index (χ2n) is 17.5. The van der Waals surface area contributed by atoms with Gasteiger partial charge < -0.3 is 19.4 Å². The third kappa shape index (κ3) is 9.86. The van der Waals surface area contributed by atoms with Crippen LogP contribution in [0.25, 0.3) is 68.6 Å². The fourth-order valence-corrected chi connectivity index (χ4v) is 8.45. The molecule has 7 rings (SSSR count). The molecule has 322 valence electrons. The number of H-pyrrole nitrogens is 2. The van der Waals surface area contributed by atoms with Crippen molar-refractivity contribution < 1.29 is 45.4 Å². The fourth-order valence-electron chi connectivity index (χ4n) is 7.02. The maximum Gasteiger partial charge on any atom is 0.420 e. The van der Waals surface area contributed by atoms with Crippen molar-refractivity contribution in [2.45, 2.75) is 63.7 Å². The van der Waals surface area contributed by atoms with Gasteiger partial charge in [0, 0.05) is 38.3 Å². The number of aromatic amines is 2. The molecule has 3 aromatic heterocycles. The molecule has 2 aliphatic heterocycles. The quantitative estimate of drug-likeness (QED) is 0.0804. The van der Waals surface area contributed by atoms with Crippen LogP contribution in [0.4, 0.5) is 26.3 Å². The molecule has 0 saturated carbocycles. The molecule has 2 aliphatic rings. The number of carbonyl (C=O) groups excluding carboxylic acids is 2. The van der Waals surface area contributed by atoms with Gasteiger partial charge in [-0.3, -0.25) is 0 Å². The van der Waals surface area contributed by atoms with Crippen LogP contribution in [0.3, 0.4) is 0 Å². The number of benzene rings is 2. The van der Waals surface area contributed by atoms with Crippen molar-refractivity contribution in [1.29, 1.82) is 0 Å². The fraction of sp³-hybridized carbons (Fsp3) is 0.261. The summed E-state index contributed by atoms with van der Waals surface area (Å²) >= 11 is 0. The molecule has 0 aliphatic carbocycles. The third-order valence-electron chi connectivity index (χ3n) is 10.3. The lowest BCUT2D eigenvalue weighted by Gasteiger charge is -2.15. The van der Waals surface area contributed by atoms with Crippen molar-refractivity contribution in [3.05, 3.63) is 118 Å². The molecule has 16 heteroatoms. The average molecular weight is 887 g/mol. The van der Waals surface area contributed by atoms with Crippen LogP contribution < -0.4 is 0 Å². The van der Waals surface area contributed by atoms with Gasteiger partial charge in [0.15, 0.2) is 0 Å². The summed E-state index contributed by atoms with van der Waals surface area (Å²) in [4.78, 5) is 40.3. The Morgan fingerprint density at radius 1 is 0.500 bits per heavy atom. The van der Waals surface area contributed by atoms with Gasteiger partial charge in [0.25, 0.3) is 0 Å². The smallest absolute Gasteiger partial charge is 0.420 e. The zero-order chi connectivity index (χ0) is 44.8. The Morgan fingerprint density at radius 2 is 0.823 bits per heavy atom. The Bertz CT molecular complexity index is 2580. The highest BCUT2D eigenvalue weighted by atomic mass is 28.3. The lowest BCUT2D eigenvalue weighted by atomic mass is 10.0. The van der Waals surface area contributed by atoms with E-state index in [-0.39, 0.29) is 68.9 Å². The largest absolute Gasteiger partial charge is 0.462 e. The molecule has 2 aromatic carbocycles. The first-order chi connectivity index (χ1) is 29.1. The molecular formula is C46H44F6N4O4Si2. The molecule has 0 atom stereocenters. The first-order valence-corrected chi connectivity index (χ1v) is 27.3. The van der Waals surface area contributed by atoms with Gasteiger partial charge in [-0.05, 0) is 96.1 Å². The van der Waals surface area contributed by atoms with E-state index in [4.69, 9.17) is 9.47 Å². The van der Waals surface area contributed by atoms with E-state index in [1.165, 1.54) is 72.8 Å². The van der Waals surface area contributed by atoms with E-state index in [9.17, 15) is 9.59 Å². The minimum absolute atomic E-state index is 0.0353. The van der Waals surface area contributed by atoms with Crippen LogP contribution in [0.15, 0.2) is 72.8 Å². The van der Waals surface area contributed by atoms with Crippen molar-refractivity contribution in [3.63, 3.8) is 0 Å². The standard InChI is InChI=1S/C46H44F6N4O4Si2/c1-61(2,3)25-23-59-43(57)29-11-7-27(8-12-29)39-31-15-19-35(53-31)41(45(47,48)49)37-21-17-33(55-37)40(28-9-13-30(14-10-28)44(58)60-24-26-62(4,5)6)34-18-22-38(56-34)42(46(50,51)52)36-20-16-32(39)54-36/h7-22,53,56H,23-26H2,1-6H3. The molecule has 62 heavy (non-hydrogen) atoms. The van der Waals surface area contributed by atoms with E-state index >= 15 is 26.3 Å². The third-order valence-corrected chi connectivity index (χ3v) is 13.7. The Hall–Kier alpha value is -6.01. The zero-order valence-corrected chi connectivity index (χ0v) is 36.9. The Morgan fingerprint density at radius 3 is 1.15 bits per heavy atom. The number of alkyl halides is 6. The number of carbonyl (C=O) groups is 2. The lowest BCUT2D eigenvalue weighted by molar-refractivity contribution is -0.137. The highest BCUT2D eigenvalue weighted by Crippen LogP contribution is 2.41. The first kappa shape index (κ1) is 44.1. The summed E-state index contributed by atoms with van der Waals surface area (Å²) in [5, 5.41) is 0. The molecule has 0 unspecified atom stereocenters. The van der Waals surface area contributed by atoms with E-state index in [1.807, 2.05) is 0 Å². The van der Waals surface area contributed by atoms with E-state index in [0.29, 0.717) is 11.1 Å². The van der Waals surface area contributed by atoms with Crippen LogP contribution in [0.5, 0.6) is 0 Å². The predicted octanol–water partition coefficient (Wildman–Crippen LogP) is 13.0. The topological polar surface area (TPSA) is 110 Å². The van der Waals surface area contributed by atoms with Crippen LogP contribution in [0, 0.1) is 0 Å². The number of fused-ring (bicyclic) bond motifs is 8. The molecule has 0 fully saturated rings. The monoisotopic (exact) mass is 886 g/mol. The minimum Gasteiger partial charge on any atom is -0.462 e. The number of ether oxygens (including phenoxy) is 2. The van der Waals surface area contributed by atoms with Crippen molar-refractivity contribution >= 4 is 74.5 Å². The van der Waals surface area contributed by atoms with Crippen molar-refractivity contribution in [3.8, 4) is 22.3 Å². The summed E-state index contributed by atoms with van der Waals surface area (Å²) in [6.07, 6.45) is -4.69. The number of nitrogens with zero attached hydrogens (tertiary/aromatic N) is 2. The van der Waals surface area contributed by atoms with E-state index in [0.717, 1.165) is 12.1 Å². The van der Waals surface area contributed by atoms with Gasteiger partial charge in [0.2, 0.25) is 0 Å². The SMILES string of the molecule is C[Si](C)(C)CCOC(=O)c1ccc(-c2c3nc(c(C(F)(F)F)c4ccc([nH]4)c(-c4ccc(C(=O)OCC[Si](C)(C)C)cc4)c4nc(c(C(F)(F)F)c5ccc2[nH]5)C=C4)C=C3)cc1. The molecule has 0 radical (unpaired) electrons. The number of nitrogens with one attached hydrogen (secondary N) is 2. The van der Waals surface area contributed by atoms with Crippen LogP contribution in [-0.2, 0) is 21.8 Å². The predicted molar refractivity (Wildman–Crippen MR) is 237 cm³/mol. The summed E-state index contributed by atoms with van der Waals surface area (Å²) < 4.78 is 102. The normalized spacial score (nSPS) is 13.1. The van der Waals surface area contributed by atoms with Gasteiger partial charge in [-0.25, -0.2) is 19.6 Å². The van der Waals surface area contributed by atoms with Gasteiger partial charge in [0.05, 0.1) is 58.1 Å². The van der Waals surface area contributed by atoms with Gasteiger partial charge >= 0.3 is 24.3 Å². The van der Waals surface area contributed by atoms with Crippen LogP contribution >= 0.6 is 0 Å². The van der Waals surface area contributed by atoms with Crippen molar-refractivity contribution in [1.82, 2.24) is 19.9 Å². The maximum atomic E-state index is 15.1. The van der Waals surface area contributed by atoms with Crippen molar-refractivity contribution in [2.24, 2.45) is 0 Å². The number of aromatic nitrogens is 4. The molecule has 5 aromatic rings. The second-order valence-corrected chi connectivity index (χ2v) is 28.8. The summed E-state index contributed by atoms with van der Waals surface area (Å²) in [6, 6.07) is 18.9. The maximum absolute atomic E-state index is 15.1. The summed E-state index contributed by atoms with van der Waals surface area (Å²) in [6.45, 7) is 13.4. The molecule has 0 saturated heterocycles.